The van der Waals surface area contributed by atoms with E-state index in [1.54, 1.807) is 6.92 Å². The van der Waals surface area contributed by atoms with E-state index in [-0.39, 0.29) is 17.3 Å². The number of nitrogens with zero attached hydrogens (tertiary/aromatic N) is 3. The summed E-state index contributed by atoms with van der Waals surface area (Å²) in [5, 5.41) is 9.47. The van der Waals surface area contributed by atoms with Crippen molar-refractivity contribution in [2.24, 2.45) is 0 Å². The van der Waals surface area contributed by atoms with Crippen molar-refractivity contribution in [3.05, 3.63) is 82.7 Å². The Labute approximate surface area is 191 Å². The maximum absolute atomic E-state index is 13.0. The van der Waals surface area contributed by atoms with Crippen LogP contribution in [0.1, 0.15) is 44.6 Å². The number of aromatic amines is 1. The van der Waals surface area contributed by atoms with Crippen LogP contribution in [0.25, 0.3) is 17.1 Å². The van der Waals surface area contributed by atoms with Crippen molar-refractivity contribution in [2.45, 2.75) is 32.9 Å². The van der Waals surface area contributed by atoms with Gasteiger partial charge in [0.1, 0.15) is 0 Å². The van der Waals surface area contributed by atoms with Crippen LogP contribution in [-0.4, -0.2) is 37.1 Å². The minimum Gasteiger partial charge on any atom is -0.355 e. The van der Waals surface area contributed by atoms with Gasteiger partial charge in [-0.1, -0.05) is 53.7 Å². The number of H-pyrrole nitrogens is 1. The molecule has 0 aliphatic carbocycles. The Morgan fingerprint density at radius 3 is 2.41 bits per heavy atom. The van der Waals surface area contributed by atoms with Gasteiger partial charge in [-0.05, 0) is 51.5 Å². The van der Waals surface area contributed by atoms with Crippen LogP contribution < -0.4 is 0 Å². The lowest BCUT2D eigenvalue weighted by atomic mass is 10.1. The maximum atomic E-state index is 13.0. The number of carbonyl (C=O) groups excluding carboxylic acids is 2. The molecule has 0 saturated carbocycles. The summed E-state index contributed by atoms with van der Waals surface area (Å²) in [6.45, 7) is 7.17. The number of Topliss-reactive ketones (excluding diaryl/α,β-unsaturated/α-hetero) is 2. The second-order valence-corrected chi connectivity index (χ2v) is 8.68. The summed E-state index contributed by atoms with van der Waals surface area (Å²) in [4.78, 5) is 28.0. The number of thioether (sulfide) groups is 1. The molecular formula is C25H24N4O2S. The predicted octanol–water partition coefficient (Wildman–Crippen LogP) is 5.37. The number of rotatable bonds is 7. The lowest BCUT2D eigenvalue weighted by Crippen LogP contribution is -2.07. The first-order chi connectivity index (χ1) is 15.4. The normalized spacial score (nSPS) is 11.0. The third kappa shape index (κ3) is 4.16. The molecule has 0 fully saturated rings. The highest BCUT2D eigenvalue weighted by molar-refractivity contribution is 7.99. The number of hydrogen-bond donors (Lipinski definition) is 1. The van der Waals surface area contributed by atoms with Gasteiger partial charge in [-0.2, -0.15) is 0 Å². The van der Waals surface area contributed by atoms with E-state index in [4.69, 9.17) is 0 Å². The zero-order chi connectivity index (χ0) is 22.8. The van der Waals surface area contributed by atoms with Crippen molar-refractivity contribution in [2.75, 3.05) is 5.75 Å². The molecule has 0 spiro atoms. The topological polar surface area (TPSA) is 80.6 Å². The first-order valence-electron chi connectivity index (χ1n) is 10.3. The molecule has 0 amide bonds. The van der Waals surface area contributed by atoms with Gasteiger partial charge in [-0.15, -0.1) is 10.2 Å². The maximum Gasteiger partial charge on any atom is 0.196 e. The third-order valence-corrected chi connectivity index (χ3v) is 6.25. The Hall–Kier alpha value is -3.45. The number of hydrogen-bond acceptors (Lipinski definition) is 5. The number of ketones is 2. The highest BCUT2D eigenvalue weighted by Gasteiger charge is 2.22. The first-order valence-corrected chi connectivity index (χ1v) is 11.3. The molecule has 2 aromatic carbocycles. The average molecular weight is 445 g/mol. The zero-order valence-corrected chi connectivity index (χ0v) is 19.3. The summed E-state index contributed by atoms with van der Waals surface area (Å²) < 4.78 is 1.97. The van der Waals surface area contributed by atoms with E-state index >= 15 is 0 Å². The molecule has 0 saturated heterocycles. The SMILES string of the molecule is CC(=O)c1c(C)[nH]c(C(=O)CSc2nnc(-c3cccc(C)c3)n2-c2ccccc2)c1C. The van der Waals surface area contributed by atoms with Crippen LogP contribution in [0.4, 0.5) is 0 Å². The van der Waals surface area contributed by atoms with Crippen molar-refractivity contribution in [3.8, 4) is 17.1 Å². The molecule has 32 heavy (non-hydrogen) atoms. The molecule has 4 rings (SSSR count). The van der Waals surface area contributed by atoms with Gasteiger partial charge in [0.15, 0.2) is 22.5 Å². The van der Waals surface area contributed by atoms with Gasteiger partial charge < -0.3 is 4.98 Å². The predicted molar refractivity (Wildman–Crippen MR) is 127 cm³/mol. The summed E-state index contributed by atoms with van der Waals surface area (Å²) in [7, 11) is 0. The van der Waals surface area contributed by atoms with E-state index < -0.39 is 0 Å². The van der Waals surface area contributed by atoms with E-state index in [9.17, 15) is 9.59 Å². The van der Waals surface area contributed by atoms with E-state index in [0.717, 1.165) is 28.3 Å². The van der Waals surface area contributed by atoms with Crippen molar-refractivity contribution in [1.82, 2.24) is 19.7 Å². The quantitative estimate of drug-likeness (QED) is 0.306. The molecule has 0 unspecified atom stereocenters. The van der Waals surface area contributed by atoms with Crippen LogP contribution in [0.2, 0.25) is 0 Å². The molecule has 2 aromatic heterocycles. The smallest absolute Gasteiger partial charge is 0.196 e. The zero-order valence-electron chi connectivity index (χ0n) is 18.5. The van der Waals surface area contributed by atoms with Crippen LogP contribution in [-0.2, 0) is 0 Å². The average Bonchev–Trinajstić information content (AvgIpc) is 3.33. The van der Waals surface area contributed by atoms with Gasteiger partial charge in [0, 0.05) is 22.5 Å². The number of aromatic nitrogens is 4. The van der Waals surface area contributed by atoms with Crippen molar-refractivity contribution < 1.29 is 9.59 Å². The Bertz CT molecular complexity index is 1300. The fourth-order valence-electron chi connectivity index (χ4n) is 3.90. The van der Waals surface area contributed by atoms with Crippen molar-refractivity contribution >= 4 is 23.3 Å². The summed E-state index contributed by atoms with van der Waals surface area (Å²) in [5.74, 6) is 0.773. The van der Waals surface area contributed by atoms with Gasteiger partial charge in [-0.3, -0.25) is 14.2 Å². The molecule has 0 atom stereocenters. The lowest BCUT2D eigenvalue weighted by Gasteiger charge is -2.10. The Kier molecular flexibility index (Phi) is 6.10. The number of nitrogens with one attached hydrogen (secondary N) is 1. The molecule has 0 radical (unpaired) electrons. The number of para-hydroxylation sites is 1. The van der Waals surface area contributed by atoms with Crippen LogP contribution >= 0.6 is 11.8 Å². The summed E-state index contributed by atoms with van der Waals surface area (Å²) >= 11 is 1.33. The highest BCUT2D eigenvalue weighted by atomic mass is 32.2. The van der Waals surface area contributed by atoms with E-state index in [1.807, 2.05) is 66.9 Å². The fraction of sp³-hybridized carbons (Fsp3) is 0.200. The number of carbonyl (C=O) groups is 2. The summed E-state index contributed by atoms with van der Waals surface area (Å²) in [5.41, 5.74) is 5.50. The Balaban J connectivity index is 1.67. The molecule has 7 heteroatoms. The monoisotopic (exact) mass is 444 g/mol. The molecule has 162 valence electrons. The highest BCUT2D eigenvalue weighted by Crippen LogP contribution is 2.29. The molecule has 6 nitrogen and oxygen atoms in total. The van der Waals surface area contributed by atoms with Gasteiger partial charge in [-0.25, -0.2) is 0 Å². The molecular weight excluding hydrogens is 420 g/mol. The summed E-state index contributed by atoms with van der Waals surface area (Å²) in [6, 6.07) is 18.0. The first kappa shape index (κ1) is 21.8. The van der Waals surface area contributed by atoms with Crippen LogP contribution in [0.3, 0.4) is 0 Å². The van der Waals surface area contributed by atoms with E-state index in [1.165, 1.54) is 18.7 Å². The Morgan fingerprint density at radius 1 is 1.00 bits per heavy atom. The molecule has 0 bridgehead atoms. The van der Waals surface area contributed by atoms with Crippen molar-refractivity contribution in [3.63, 3.8) is 0 Å². The van der Waals surface area contributed by atoms with Gasteiger partial charge in [0.05, 0.1) is 11.4 Å². The number of benzene rings is 2. The van der Waals surface area contributed by atoms with E-state index in [0.29, 0.717) is 22.0 Å². The Morgan fingerprint density at radius 2 is 1.75 bits per heavy atom. The van der Waals surface area contributed by atoms with Crippen molar-refractivity contribution in [1.29, 1.82) is 0 Å². The van der Waals surface area contributed by atoms with Crippen LogP contribution in [0, 0.1) is 20.8 Å². The third-order valence-electron chi connectivity index (χ3n) is 5.32. The summed E-state index contributed by atoms with van der Waals surface area (Å²) in [6.07, 6.45) is 0. The standard InChI is InChI=1S/C25H24N4O2S/c1-15-9-8-10-19(13-15)24-27-28-25(29(24)20-11-6-5-7-12-20)32-14-21(31)23-16(2)22(18(4)30)17(3)26-23/h5-13,26H,14H2,1-4H3. The van der Waals surface area contributed by atoms with E-state index in [2.05, 4.69) is 21.2 Å². The molecule has 0 aliphatic heterocycles. The molecule has 0 aliphatic rings. The van der Waals surface area contributed by atoms with Crippen LogP contribution in [0.5, 0.6) is 0 Å². The largest absolute Gasteiger partial charge is 0.355 e. The van der Waals surface area contributed by atoms with Gasteiger partial charge in [0.2, 0.25) is 0 Å². The molecule has 2 heterocycles. The number of aryl methyl sites for hydroxylation is 2. The van der Waals surface area contributed by atoms with Gasteiger partial charge in [0.25, 0.3) is 0 Å². The fourth-order valence-corrected chi connectivity index (χ4v) is 4.73. The molecule has 1 N–H and O–H groups in total. The lowest BCUT2D eigenvalue weighted by molar-refractivity contribution is 0.101. The second kappa shape index (κ2) is 8.96. The van der Waals surface area contributed by atoms with Gasteiger partial charge >= 0.3 is 0 Å². The minimum absolute atomic E-state index is 0.0467. The second-order valence-electron chi connectivity index (χ2n) is 7.74. The molecule has 4 aromatic rings. The van der Waals surface area contributed by atoms with Crippen LogP contribution in [0.15, 0.2) is 59.8 Å². The minimum atomic E-state index is -0.0807.